The highest BCUT2D eigenvalue weighted by atomic mass is 79.9. The summed E-state index contributed by atoms with van der Waals surface area (Å²) in [6, 6.07) is 17.6. The first kappa shape index (κ1) is 45.3. The number of H-pyrrole nitrogens is 1. The molecule has 19 heteroatoms. The number of allylic oxidation sites excluding steroid dienone is 4. The second kappa shape index (κ2) is 18.7. The van der Waals surface area contributed by atoms with Crippen LogP contribution in [0.1, 0.15) is 105 Å². The van der Waals surface area contributed by atoms with E-state index < -0.39 is 11.5 Å². The Bertz CT molecular complexity index is 3660. The summed E-state index contributed by atoms with van der Waals surface area (Å²) in [4.78, 5) is 44.6. The Kier molecular flexibility index (Phi) is 11.8. The number of pyridine rings is 2. The van der Waals surface area contributed by atoms with Gasteiger partial charge in [0.05, 0.1) is 39.6 Å². The third-order valence-corrected chi connectivity index (χ3v) is 15.6. The molecule has 18 nitrogen and oxygen atoms in total. The van der Waals surface area contributed by atoms with Crippen molar-refractivity contribution in [3.05, 3.63) is 152 Å². The zero-order valence-electron chi connectivity index (χ0n) is 39.5. The van der Waals surface area contributed by atoms with Crippen LogP contribution in [-0.4, -0.2) is 59.1 Å². The molecule has 3 aliphatic carbocycles. The number of nitrogen functional groups attached to an aromatic ring is 2. The molecule has 364 valence electrons. The minimum absolute atomic E-state index is 0.186. The Morgan fingerprint density at radius 1 is 0.736 bits per heavy atom. The van der Waals surface area contributed by atoms with Gasteiger partial charge in [-0.2, -0.15) is 23.9 Å². The van der Waals surface area contributed by atoms with Crippen LogP contribution in [0, 0.1) is 17.8 Å². The molecule has 0 aliphatic heterocycles. The summed E-state index contributed by atoms with van der Waals surface area (Å²) >= 11 is 3.77. The van der Waals surface area contributed by atoms with Crippen molar-refractivity contribution in [1.82, 2.24) is 59.1 Å². The Hall–Kier alpha value is -7.80. The fraction of sp³-hybridized carbons (Fsp3) is 0.321. The number of anilines is 2. The predicted octanol–water partition coefficient (Wildman–Crippen LogP) is 9.32. The van der Waals surface area contributed by atoms with E-state index in [0.717, 1.165) is 118 Å². The highest BCUT2D eigenvalue weighted by molar-refractivity contribution is 9.10. The number of aromatic nitrogens is 12. The number of hydrogen-bond acceptors (Lipinski definition) is 14. The molecule has 12 rings (SSSR count). The minimum atomic E-state index is -0.536. The number of halogens is 1. The lowest BCUT2D eigenvalue weighted by atomic mass is 9.79. The van der Waals surface area contributed by atoms with E-state index in [0.29, 0.717) is 65.1 Å². The summed E-state index contributed by atoms with van der Waals surface area (Å²) in [6.45, 7) is 2.21. The average molecular weight is 1030 g/mol. The zero-order chi connectivity index (χ0) is 49.0. The molecular weight excluding hydrogens is 977 g/mol. The van der Waals surface area contributed by atoms with Crippen molar-refractivity contribution in [2.24, 2.45) is 17.8 Å². The van der Waals surface area contributed by atoms with Crippen molar-refractivity contribution in [1.29, 1.82) is 0 Å². The molecule has 0 saturated heterocycles. The summed E-state index contributed by atoms with van der Waals surface area (Å²) in [6.07, 6.45) is 23.5. The average Bonchev–Trinajstić information content (AvgIpc) is 4.22. The van der Waals surface area contributed by atoms with Gasteiger partial charge in [-0.15, -0.1) is 10.2 Å². The molecule has 0 bridgehead atoms. The van der Waals surface area contributed by atoms with Crippen LogP contribution in [0.4, 0.5) is 11.6 Å². The summed E-state index contributed by atoms with van der Waals surface area (Å²) in [5, 5.41) is 20.2. The lowest BCUT2D eigenvalue weighted by molar-refractivity contribution is 0.299. The molecule has 3 aliphatic rings. The number of nitrogens with one attached hydrogen (secondary N) is 1. The zero-order valence-corrected chi connectivity index (χ0v) is 41.1. The van der Waals surface area contributed by atoms with Gasteiger partial charge < -0.3 is 20.3 Å². The van der Waals surface area contributed by atoms with E-state index in [2.05, 4.69) is 78.7 Å². The summed E-state index contributed by atoms with van der Waals surface area (Å²) in [5.74, 6) is 2.43. The first-order valence-corrected chi connectivity index (χ1v) is 25.4. The number of aromatic amines is 1. The van der Waals surface area contributed by atoms with Crippen molar-refractivity contribution in [3.63, 3.8) is 0 Å². The van der Waals surface area contributed by atoms with E-state index >= 15 is 0 Å². The van der Waals surface area contributed by atoms with Crippen LogP contribution in [0.2, 0.25) is 0 Å². The molecule has 8 heterocycles. The normalized spacial score (nSPS) is 20.4. The molecule has 0 spiro atoms. The minimum Gasteiger partial charge on any atom is -0.392 e. The van der Waals surface area contributed by atoms with Gasteiger partial charge in [0.2, 0.25) is 11.8 Å². The first-order chi connectivity index (χ1) is 35.1. The van der Waals surface area contributed by atoms with E-state index in [4.69, 9.17) is 40.2 Å². The van der Waals surface area contributed by atoms with Gasteiger partial charge in [-0.1, -0.05) is 49.4 Å². The van der Waals surface area contributed by atoms with Crippen LogP contribution < -0.4 is 23.0 Å². The molecular formula is C53H51BrN14O4. The smallest absolute Gasteiger partial charge is 0.392 e. The van der Waals surface area contributed by atoms with E-state index in [1.54, 1.807) is 27.6 Å². The van der Waals surface area contributed by atoms with E-state index in [9.17, 15) is 9.59 Å². The van der Waals surface area contributed by atoms with E-state index in [-0.39, 0.29) is 17.8 Å². The Morgan fingerprint density at radius 3 is 2.10 bits per heavy atom. The first-order valence-electron chi connectivity index (χ1n) is 24.6. The Morgan fingerprint density at radius 2 is 1.42 bits per heavy atom. The number of fused-ring (bicyclic) bond motifs is 2. The third kappa shape index (κ3) is 8.75. The molecule has 9 aromatic rings. The molecule has 1 unspecified atom stereocenters. The van der Waals surface area contributed by atoms with Gasteiger partial charge in [0.25, 0.3) is 0 Å². The molecule has 72 heavy (non-hydrogen) atoms. The van der Waals surface area contributed by atoms with Crippen LogP contribution >= 0.6 is 15.9 Å². The second-order valence-electron chi connectivity index (χ2n) is 19.6. The molecule has 2 saturated carbocycles. The van der Waals surface area contributed by atoms with Gasteiger partial charge in [-0.05, 0) is 121 Å². The van der Waals surface area contributed by atoms with E-state index in [1.807, 2.05) is 48.7 Å². The highest BCUT2D eigenvalue weighted by Gasteiger charge is 2.30. The van der Waals surface area contributed by atoms with Gasteiger partial charge in [0, 0.05) is 76.6 Å². The lowest BCUT2D eigenvalue weighted by Crippen LogP contribution is -2.18. The number of benzene rings is 1. The van der Waals surface area contributed by atoms with Gasteiger partial charge in [0.1, 0.15) is 11.6 Å². The van der Waals surface area contributed by atoms with Crippen LogP contribution in [0.3, 0.4) is 0 Å². The largest absolute Gasteiger partial charge is 0.441 e. The van der Waals surface area contributed by atoms with E-state index in [1.165, 1.54) is 4.68 Å². The molecule has 1 aromatic carbocycles. The number of nitrogens with two attached hydrogens (primary N) is 2. The van der Waals surface area contributed by atoms with Crippen LogP contribution in [-0.2, 0) is 12.8 Å². The molecule has 0 radical (unpaired) electrons. The lowest BCUT2D eigenvalue weighted by Gasteiger charge is -2.28. The second-order valence-corrected chi connectivity index (χ2v) is 20.4. The predicted molar refractivity (Wildman–Crippen MR) is 275 cm³/mol. The molecule has 1 atom stereocenters. The maximum Gasteiger partial charge on any atom is 0.441 e. The van der Waals surface area contributed by atoms with Crippen LogP contribution in [0.25, 0.3) is 56.1 Å². The maximum absolute atomic E-state index is 13.3. The molecule has 8 aromatic heterocycles. The molecule has 5 N–H and O–H groups in total. The van der Waals surface area contributed by atoms with Crippen LogP contribution in [0.15, 0.2) is 121 Å². The quantitative estimate of drug-likeness (QED) is 0.109. The van der Waals surface area contributed by atoms with Gasteiger partial charge in [-0.25, -0.2) is 24.7 Å². The number of nitrogens with zero attached hydrogens (tertiary/aromatic N) is 11. The highest BCUT2D eigenvalue weighted by Crippen LogP contribution is 2.42. The van der Waals surface area contributed by atoms with Crippen molar-refractivity contribution in [2.45, 2.75) is 89.4 Å². The van der Waals surface area contributed by atoms with Crippen molar-refractivity contribution >= 4 is 44.4 Å². The standard InChI is InChI=1S/C53H51BrN14O4/c1-29-4-2-5-34(20-29)41-18-16-37(26-57-41)40-28-60-68-49(56)47(54)48(62-51(40)68)33-14-10-31(11-15-33)22-46-65-66(53(70)72-46)38-7-3-6-35(23-38)42-19-17-36(25-58-42)39-27-59-67-44(55)24-43(61-50(39)67)32-12-8-30(9-13-32)21-45-63-64-52(69)71-45/h2-3,5-7,16-20,23-33H,4,8-15,21-22,55-56H2,1H3,(H,64,69). The van der Waals surface area contributed by atoms with Crippen molar-refractivity contribution < 1.29 is 8.83 Å². The SMILES string of the molecule is CC1C=C(c2ccc(-c3cnn4c(N)c(Br)c(C5CCC(Cc6nn(-c7cccc(-c8ccc(-c9cnn%10c(N)cc(C%11CCC(Cc%12n[nH]c(=O)o%12)CC%11)nc9%10)cn8)c7)c(=O)o6)CC5)nc34)cn2)C=CC1. The maximum atomic E-state index is 13.3. The van der Waals surface area contributed by atoms with Crippen LogP contribution in [0.5, 0.6) is 0 Å². The Labute approximate surface area is 420 Å². The molecule has 2 fully saturated rings. The van der Waals surface area contributed by atoms with Crippen molar-refractivity contribution in [2.75, 3.05) is 11.5 Å². The summed E-state index contributed by atoms with van der Waals surface area (Å²) in [7, 11) is 0. The number of rotatable bonds is 11. The third-order valence-electron chi connectivity index (χ3n) is 14.8. The van der Waals surface area contributed by atoms with Crippen molar-refractivity contribution in [3.8, 4) is 39.2 Å². The van der Waals surface area contributed by atoms with Gasteiger partial charge >= 0.3 is 11.5 Å². The topological polar surface area (TPSA) is 245 Å². The Balaban J connectivity index is 0.699. The molecule has 0 amide bonds. The van der Waals surface area contributed by atoms with Gasteiger partial charge in [-0.3, -0.25) is 9.97 Å². The summed E-state index contributed by atoms with van der Waals surface area (Å²) in [5.41, 5.74) is 24.1. The monoisotopic (exact) mass is 1030 g/mol. The fourth-order valence-electron chi connectivity index (χ4n) is 10.9. The summed E-state index contributed by atoms with van der Waals surface area (Å²) < 4.78 is 16.3. The fourth-order valence-corrected chi connectivity index (χ4v) is 11.4. The van der Waals surface area contributed by atoms with Gasteiger partial charge in [0.15, 0.2) is 11.3 Å². The number of hydrogen-bond donors (Lipinski definition) is 3.